The Morgan fingerprint density at radius 1 is 1.42 bits per heavy atom. The largest absolute Gasteiger partial charge is 0.330 e. The van der Waals surface area contributed by atoms with Gasteiger partial charge in [-0.25, -0.2) is 0 Å². The number of rotatable bonds is 5. The van der Waals surface area contributed by atoms with E-state index in [9.17, 15) is 4.79 Å². The second-order valence-corrected chi connectivity index (χ2v) is 5.69. The normalized spacial score (nSPS) is 23.5. The van der Waals surface area contributed by atoms with Crippen molar-refractivity contribution in [2.45, 2.75) is 52.5 Å². The van der Waals surface area contributed by atoms with E-state index in [1.165, 1.54) is 0 Å². The fraction of sp³-hybridized carbons (Fsp3) is 0.733. The molecule has 0 saturated heterocycles. The quantitative estimate of drug-likeness (QED) is 0.885. The maximum Gasteiger partial charge on any atom is 0.141 e. The van der Waals surface area contributed by atoms with Crippen LogP contribution in [-0.2, 0) is 17.8 Å². The van der Waals surface area contributed by atoms with Crippen LogP contribution in [0.2, 0.25) is 0 Å². The molecule has 1 saturated carbocycles. The Morgan fingerprint density at radius 3 is 2.68 bits per heavy atom. The minimum Gasteiger partial charge on any atom is -0.330 e. The van der Waals surface area contributed by atoms with Crippen LogP contribution in [0.5, 0.6) is 0 Å². The van der Waals surface area contributed by atoms with Crippen LogP contribution in [0.15, 0.2) is 6.07 Å². The zero-order valence-electron chi connectivity index (χ0n) is 12.1. The van der Waals surface area contributed by atoms with Crippen molar-refractivity contribution in [3.8, 4) is 0 Å². The van der Waals surface area contributed by atoms with E-state index in [0.29, 0.717) is 18.1 Å². The zero-order chi connectivity index (χ0) is 13.8. The Kier molecular flexibility index (Phi) is 4.75. The van der Waals surface area contributed by atoms with Crippen LogP contribution in [0.4, 0.5) is 0 Å². The number of nitrogens with zero attached hydrogens (tertiary/aromatic N) is 2. The molecule has 0 spiro atoms. The molecule has 19 heavy (non-hydrogen) atoms. The summed E-state index contributed by atoms with van der Waals surface area (Å²) in [6.07, 6.45) is 4.78. The Balaban J connectivity index is 1.94. The molecule has 0 unspecified atom stereocenters. The predicted octanol–water partition coefficient (Wildman–Crippen LogP) is 2.09. The van der Waals surface area contributed by atoms with E-state index in [-0.39, 0.29) is 5.92 Å². The van der Waals surface area contributed by atoms with Gasteiger partial charge in [0.2, 0.25) is 0 Å². The number of Topliss-reactive ketones (excluding diaryl/α,β-unsaturated/α-hetero) is 1. The Hall–Kier alpha value is -1.16. The molecule has 4 heteroatoms. The first-order valence-corrected chi connectivity index (χ1v) is 7.40. The van der Waals surface area contributed by atoms with Crippen molar-refractivity contribution in [2.75, 3.05) is 6.54 Å². The molecule has 106 valence electrons. The molecule has 2 N–H and O–H groups in total. The van der Waals surface area contributed by atoms with E-state index in [2.05, 4.69) is 12.0 Å². The van der Waals surface area contributed by atoms with E-state index in [0.717, 1.165) is 50.2 Å². The van der Waals surface area contributed by atoms with Gasteiger partial charge < -0.3 is 5.73 Å². The summed E-state index contributed by atoms with van der Waals surface area (Å²) in [6, 6.07) is 2.03. The summed E-state index contributed by atoms with van der Waals surface area (Å²) in [4.78, 5) is 12.4. The molecule has 1 fully saturated rings. The van der Waals surface area contributed by atoms with Crippen molar-refractivity contribution in [3.63, 3.8) is 0 Å². The smallest absolute Gasteiger partial charge is 0.141 e. The van der Waals surface area contributed by atoms with Gasteiger partial charge in [0.25, 0.3) is 0 Å². The van der Waals surface area contributed by atoms with Crippen molar-refractivity contribution >= 4 is 5.78 Å². The minimum absolute atomic E-state index is 0.239. The summed E-state index contributed by atoms with van der Waals surface area (Å²) in [7, 11) is 0. The molecule has 2 rings (SSSR count). The molecule has 0 atom stereocenters. The maximum atomic E-state index is 12.4. The molecule has 0 amide bonds. The van der Waals surface area contributed by atoms with Crippen LogP contribution < -0.4 is 5.73 Å². The predicted molar refractivity (Wildman–Crippen MR) is 75.9 cm³/mol. The lowest BCUT2D eigenvalue weighted by Gasteiger charge is -2.26. The molecule has 0 bridgehead atoms. The van der Waals surface area contributed by atoms with E-state index in [4.69, 9.17) is 5.73 Å². The third kappa shape index (κ3) is 3.44. The van der Waals surface area contributed by atoms with Crippen LogP contribution >= 0.6 is 0 Å². The van der Waals surface area contributed by atoms with Gasteiger partial charge in [0.1, 0.15) is 5.78 Å². The third-order valence-corrected chi connectivity index (χ3v) is 4.28. The number of aryl methyl sites for hydroxylation is 2. The highest BCUT2D eigenvalue weighted by molar-refractivity contribution is 5.83. The summed E-state index contributed by atoms with van der Waals surface area (Å²) in [5.74, 6) is 1.25. The summed E-state index contributed by atoms with van der Waals surface area (Å²) in [6.45, 7) is 5.64. The Morgan fingerprint density at radius 2 is 2.11 bits per heavy atom. The first kappa shape index (κ1) is 14.3. The average molecular weight is 263 g/mol. The van der Waals surface area contributed by atoms with Gasteiger partial charge in [0.15, 0.2) is 0 Å². The fourth-order valence-electron chi connectivity index (χ4n) is 3.06. The van der Waals surface area contributed by atoms with Gasteiger partial charge in [-0.05, 0) is 58.1 Å². The molecular weight excluding hydrogens is 238 g/mol. The molecule has 1 aromatic heterocycles. The monoisotopic (exact) mass is 263 g/mol. The molecule has 1 aromatic rings. The van der Waals surface area contributed by atoms with Crippen molar-refractivity contribution in [1.82, 2.24) is 9.78 Å². The van der Waals surface area contributed by atoms with Gasteiger partial charge in [-0.3, -0.25) is 9.48 Å². The molecular formula is C15H25N3O. The zero-order valence-corrected chi connectivity index (χ0v) is 12.1. The molecule has 1 aliphatic carbocycles. The lowest BCUT2D eigenvalue weighted by atomic mass is 9.79. The maximum absolute atomic E-state index is 12.4. The topological polar surface area (TPSA) is 60.9 Å². The number of carbonyl (C=O) groups is 1. The number of carbonyl (C=O) groups excluding carboxylic acids is 1. The summed E-state index contributed by atoms with van der Waals surface area (Å²) >= 11 is 0. The number of aromatic nitrogens is 2. The summed E-state index contributed by atoms with van der Waals surface area (Å²) in [5, 5.41) is 4.40. The highest BCUT2D eigenvalue weighted by atomic mass is 16.1. The average Bonchev–Trinajstić information content (AvgIpc) is 2.78. The van der Waals surface area contributed by atoms with E-state index >= 15 is 0 Å². The van der Waals surface area contributed by atoms with Gasteiger partial charge in [-0.2, -0.15) is 5.10 Å². The molecule has 1 heterocycles. The van der Waals surface area contributed by atoms with Crippen molar-refractivity contribution < 1.29 is 4.79 Å². The van der Waals surface area contributed by atoms with E-state index < -0.39 is 0 Å². The second kappa shape index (κ2) is 6.33. The number of hydrogen-bond acceptors (Lipinski definition) is 3. The van der Waals surface area contributed by atoms with Gasteiger partial charge in [0, 0.05) is 24.6 Å². The van der Waals surface area contributed by atoms with Crippen molar-refractivity contribution in [3.05, 3.63) is 17.5 Å². The second-order valence-electron chi connectivity index (χ2n) is 5.69. The van der Waals surface area contributed by atoms with Crippen LogP contribution in [0.3, 0.4) is 0 Å². The molecule has 4 nitrogen and oxygen atoms in total. The first-order valence-electron chi connectivity index (χ1n) is 7.40. The highest BCUT2D eigenvalue weighted by Crippen LogP contribution is 2.29. The van der Waals surface area contributed by atoms with Crippen LogP contribution in [0, 0.1) is 18.8 Å². The van der Waals surface area contributed by atoms with E-state index in [1.54, 1.807) is 0 Å². The Bertz CT molecular complexity index is 431. The van der Waals surface area contributed by atoms with Crippen LogP contribution in [0.25, 0.3) is 0 Å². The number of nitrogens with two attached hydrogens (primary N) is 1. The van der Waals surface area contributed by atoms with Crippen LogP contribution in [-0.4, -0.2) is 22.1 Å². The molecule has 0 radical (unpaired) electrons. The SMILES string of the molecule is CCn1nc(C)cc1CC(=O)C1CCC(CN)CC1. The van der Waals surface area contributed by atoms with Crippen molar-refractivity contribution in [1.29, 1.82) is 0 Å². The van der Waals surface area contributed by atoms with Crippen LogP contribution in [0.1, 0.15) is 44.0 Å². The minimum atomic E-state index is 0.239. The summed E-state index contributed by atoms with van der Waals surface area (Å²) < 4.78 is 1.94. The molecule has 0 aliphatic heterocycles. The lowest BCUT2D eigenvalue weighted by molar-refractivity contribution is -0.123. The fourth-order valence-corrected chi connectivity index (χ4v) is 3.06. The third-order valence-electron chi connectivity index (χ3n) is 4.28. The van der Waals surface area contributed by atoms with E-state index in [1.807, 2.05) is 17.7 Å². The van der Waals surface area contributed by atoms with Gasteiger partial charge in [-0.15, -0.1) is 0 Å². The molecule has 1 aliphatic rings. The summed E-state index contributed by atoms with van der Waals surface area (Å²) in [5.41, 5.74) is 7.75. The first-order chi connectivity index (χ1) is 9.13. The lowest BCUT2D eigenvalue weighted by Crippen LogP contribution is -2.27. The number of ketones is 1. The van der Waals surface area contributed by atoms with Gasteiger partial charge in [-0.1, -0.05) is 0 Å². The van der Waals surface area contributed by atoms with Gasteiger partial charge in [0.05, 0.1) is 5.69 Å². The highest BCUT2D eigenvalue weighted by Gasteiger charge is 2.26. The van der Waals surface area contributed by atoms with Gasteiger partial charge >= 0.3 is 0 Å². The Labute approximate surface area is 115 Å². The standard InChI is InChI=1S/C15H25N3O/c1-3-18-14(8-11(2)17-18)9-15(19)13-6-4-12(10-16)5-7-13/h8,12-13H,3-7,9-10,16H2,1-2H3. The number of hydrogen-bond donors (Lipinski definition) is 1. The van der Waals surface area contributed by atoms with Crippen molar-refractivity contribution in [2.24, 2.45) is 17.6 Å². The molecule has 0 aromatic carbocycles.